The van der Waals surface area contributed by atoms with E-state index in [1.165, 1.54) is 17.4 Å². The molecule has 8 nitrogen and oxygen atoms in total. The molecule has 3 aromatic rings. The van der Waals surface area contributed by atoms with Gasteiger partial charge in [0.1, 0.15) is 6.04 Å². The van der Waals surface area contributed by atoms with Crippen molar-refractivity contribution in [3.8, 4) is 0 Å². The van der Waals surface area contributed by atoms with Crippen LogP contribution in [0.4, 0.5) is 10.8 Å². The number of sulfonamides is 1. The summed E-state index contributed by atoms with van der Waals surface area (Å²) in [5.74, 6) is -0.747. The molecule has 0 saturated carbocycles. The second kappa shape index (κ2) is 9.44. The van der Waals surface area contributed by atoms with Crippen LogP contribution in [0.2, 0.25) is 0 Å². The highest BCUT2D eigenvalue weighted by Crippen LogP contribution is 2.31. The number of aromatic nitrogens is 1. The molecular weight excluding hydrogens is 472 g/mol. The quantitative estimate of drug-likeness (QED) is 0.512. The standard InChI is InChI=1S/C24H28N4O4S2/c1-5-21(29)28-11-10-16-13-17(7-9-19(16)28)34(31,32)27-22(14(2)3)23(30)26-24-25-18-8-6-15(4)12-20(18)33-24/h6-9,12-14,22,27H,5,10-11H2,1-4H3,(H,25,26,30). The number of amides is 2. The number of thiazole rings is 1. The first-order valence-corrected chi connectivity index (χ1v) is 13.5. The van der Waals surface area contributed by atoms with Gasteiger partial charge in [0.05, 0.1) is 15.1 Å². The summed E-state index contributed by atoms with van der Waals surface area (Å²) >= 11 is 1.35. The molecule has 180 valence electrons. The summed E-state index contributed by atoms with van der Waals surface area (Å²) < 4.78 is 29.9. The minimum Gasteiger partial charge on any atom is -0.312 e. The van der Waals surface area contributed by atoms with Crippen molar-refractivity contribution in [2.24, 2.45) is 5.92 Å². The second-order valence-corrected chi connectivity index (χ2v) is 11.5. The highest BCUT2D eigenvalue weighted by molar-refractivity contribution is 7.89. The van der Waals surface area contributed by atoms with Gasteiger partial charge in [0, 0.05) is 18.7 Å². The summed E-state index contributed by atoms with van der Waals surface area (Å²) in [6, 6.07) is 9.59. The summed E-state index contributed by atoms with van der Waals surface area (Å²) in [6.07, 6.45) is 0.982. The maximum absolute atomic E-state index is 13.2. The molecule has 0 saturated heterocycles. The maximum Gasteiger partial charge on any atom is 0.244 e. The summed E-state index contributed by atoms with van der Waals surface area (Å²) in [4.78, 5) is 31.3. The Bertz CT molecular complexity index is 1360. The SMILES string of the molecule is CCC(=O)N1CCc2cc(S(=O)(=O)NC(C(=O)Nc3nc4ccc(C)cc4s3)C(C)C)ccc21. The molecule has 2 heterocycles. The van der Waals surface area contributed by atoms with Gasteiger partial charge in [-0.2, -0.15) is 4.72 Å². The summed E-state index contributed by atoms with van der Waals surface area (Å²) in [7, 11) is -3.97. The Morgan fingerprint density at radius 2 is 1.94 bits per heavy atom. The van der Waals surface area contributed by atoms with Gasteiger partial charge in [-0.15, -0.1) is 0 Å². The largest absolute Gasteiger partial charge is 0.312 e. The number of hydrogen-bond donors (Lipinski definition) is 2. The van der Waals surface area contributed by atoms with Gasteiger partial charge in [-0.3, -0.25) is 9.59 Å². The summed E-state index contributed by atoms with van der Waals surface area (Å²) in [6.45, 7) is 7.89. The molecule has 4 rings (SSSR count). The smallest absolute Gasteiger partial charge is 0.244 e. The Hall–Kier alpha value is -2.82. The van der Waals surface area contributed by atoms with Crippen LogP contribution in [-0.4, -0.2) is 37.8 Å². The zero-order valence-corrected chi connectivity index (χ0v) is 21.2. The average molecular weight is 501 g/mol. The van der Waals surface area contributed by atoms with Gasteiger partial charge >= 0.3 is 0 Å². The molecule has 1 aliphatic rings. The minimum atomic E-state index is -3.97. The van der Waals surface area contributed by atoms with E-state index >= 15 is 0 Å². The zero-order valence-electron chi connectivity index (χ0n) is 19.6. The molecule has 0 fully saturated rings. The van der Waals surface area contributed by atoms with E-state index in [-0.39, 0.29) is 16.7 Å². The number of nitrogens with one attached hydrogen (secondary N) is 2. The molecule has 1 unspecified atom stereocenters. The first kappa shape index (κ1) is 24.3. The van der Waals surface area contributed by atoms with E-state index in [1.807, 2.05) is 25.1 Å². The van der Waals surface area contributed by atoms with Crippen molar-refractivity contribution in [3.63, 3.8) is 0 Å². The van der Waals surface area contributed by atoms with E-state index in [0.29, 0.717) is 24.5 Å². The van der Waals surface area contributed by atoms with Crippen LogP contribution in [0.5, 0.6) is 0 Å². The predicted octanol–water partition coefficient (Wildman–Crippen LogP) is 3.85. The van der Waals surface area contributed by atoms with Crippen LogP contribution in [0.3, 0.4) is 0 Å². The van der Waals surface area contributed by atoms with Crippen molar-refractivity contribution in [2.75, 3.05) is 16.8 Å². The van der Waals surface area contributed by atoms with Crippen molar-refractivity contribution in [1.29, 1.82) is 0 Å². The molecule has 0 radical (unpaired) electrons. The number of carbonyl (C=O) groups excluding carboxylic acids is 2. The summed E-state index contributed by atoms with van der Waals surface area (Å²) in [5, 5.41) is 3.19. The molecule has 1 aliphatic heterocycles. The third-order valence-electron chi connectivity index (χ3n) is 5.87. The molecule has 2 aromatic carbocycles. The topological polar surface area (TPSA) is 108 Å². The van der Waals surface area contributed by atoms with Gasteiger partial charge in [0.2, 0.25) is 21.8 Å². The van der Waals surface area contributed by atoms with E-state index in [9.17, 15) is 18.0 Å². The fourth-order valence-corrected chi connectivity index (χ4v) is 6.35. The molecule has 2 amide bonds. The molecule has 2 N–H and O–H groups in total. The second-order valence-electron chi connectivity index (χ2n) is 8.76. The fraction of sp³-hybridized carbons (Fsp3) is 0.375. The average Bonchev–Trinajstić information content (AvgIpc) is 3.39. The van der Waals surface area contributed by atoms with Crippen LogP contribution in [0.25, 0.3) is 10.2 Å². The van der Waals surface area contributed by atoms with Crippen molar-refractivity contribution in [2.45, 2.75) is 51.5 Å². The Labute approximate surface area is 203 Å². The Balaban J connectivity index is 1.53. The lowest BCUT2D eigenvalue weighted by Gasteiger charge is -2.21. The monoisotopic (exact) mass is 500 g/mol. The van der Waals surface area contributed by atoms with Crippen molar-refractivity contribution in [1.82, 2.24) is 9.71 Å². The molecule has 34 heavy (non-hydrogen) atoms. The van der Waals surface area contributed by atoms with Crippen LogP contribution in [0.15, 0.2) is 41.3 Å². The Kier molecular flexibility index (Phi) is 6.75. The van der Waals surface area contributed by atoms with Crippen LogP contribution in [-0.2, 0) is 26.0 Å². The lowest BCUT2D eigenvalue weighted by molar-refractivity contribution is -0.119. The number of rotatable bonds is 7. The molecule has 1 aromatic heterocycles. The molecule has 10 heteroatoms. The number of carbonyl (C=O) groups is 2. The van der Waals surface area contributed by atoms with Crippen LogP contribution in [0.1, 0.15) is 38.3 Å². The highest BCUT2D eigenvalue weighted by atomic mass is 32.2. The van der Waals surface area contributed by atoms with E-state index in [1.54, 1.807) is 37.8 Å². The molecule has 0 spiro atoms. The van der Waals surface area contributed by atoms with Crippen molar-refractivity contribution >= 4 is 54.2 Å². The van der Waals surface area contributed by atoms with Crippen LogP contribution < -0.4 is 14.9 Å². The van der Waals surface area contributed by atoms with E-state index in [2.05, 4.69) is 15.0 Å². The molecule has 0 aliphatic carbocycles. The normalized spacial score (nSPS) is 14.4. The number of fused-ring (bicyclic) bond motifs is 2. The zero-order chi connectivity index (χ0) is 24.6. The molecule has 0 bridgehead atoms. The number of aryl methyl sites for hydroxylation is 1. The lowest BCUT2D eigenvalue weighted by Crippen LogP contribution is -2.47. The number of benzene rings is 2. The maximum atomic E-state index is 13.2. The Morgan fingerprint density at radius 3 is 2.65 bits per heavy atom. The Morgan fingerprint density at radius 1 is 1.18 bits per heavy atom. The van der Waals surface area contributed by atoms with E-state index < -0.39 is 22.0 Å². The minimum absolute atomic E-state index is 0.00836. The first-order chi connectivity index (χ1) is 16.1. The van der Waals surface area contributed by atoms with Crippen LogP contribution in [0, 0.1) is 12.8 Å². The number of nitrogens with zero attached hydrogens (tertiary/aromatic N) is 2. The van der Waals surface area contributed by atoms with Crippen LogP contribution >= 0.6 is 11.3 Å². The third-order valence-corrected chi connectivity index (χ3v) is 8.24. The van der Waals surface area contributed by atoms with Gasteiger partial charge in [0.25, 0.3) is 0 Å². The van der Waals surface area contributed by atoms with Crippen molar-refractivity contribution < 1.29 is 18.0 Å². The van der Waals surface area contributed by atoms with Gasteiger partial charge in [-0.25, -0.2) is 13.4 Å². The van der Waals surface area contributed by atoms with Gasteiger partial charge in [0.15, 0.2) is 5.13 Å². The third kappa shape index (κ3) is 4.84. The fourth-order valence-electron chi connectivity index (χ4n) is 3.99. The predicted molar refractivity (Wildman–Crippen MR) is 135 cm³/mol. The highest BCUT2D eigenvalue weighted by Gasteiger charge is 2.31. The first-order valence-electron chi connectivity index (χ1n) is 11.2. The number of hydrogen-bond acceptors (Lipinski definition) is 6. The van der Waals surface area contributed by atoms with Crippen molar-refractivity contribution in [3.05, 3.63) is 47.5 Å². The van der Waals surface area contributed by atoms with E-state index in [4.69, 9.17) is 0 Å². The van der Waals surface area contributed by atoms with Gasteiger partial charge in [-0.05, 0) is 60.7 Å². The van der Waals surface area contributed by atoms with Gasteiger partial charge < -0.3 is 10.2 Å². The lowest BCUT2D eigenvalue weighted by atomic mass is 10.1. The van der Waals surface area contributed by atoms with Gasteiger partial charge in [-0.1, -0.05) is 38.2 Å². The number of anilines is 2. The van der Waals surface area contributed by atoms with E-state index in [0.717, 1.165) is 27.0 Å². The summed E-state index contributed by atoms with van der Waals surface area (Å²) in [5.41, 5.74) is 3.43. The molecule has 1 atom stereocenters. The molecular formula is C24H28N4O4S2.